The van der Waals surface area contributed by atoms with Crippen LogP contribution in [0.2, 0.25) is 0 Å². The van der Waals surface area contributed by atoms with Gasteiger partial charge in [0.25, 0.3) is 0 Å². The van der Waals surface area contributed by atoms with Crippen LogP contribution in [0.3, 0.4) is 0 Å². The number of alkyl carbamates (subject to hydrolysis) is 1. The molecule has 8 nitrogen and oxygen atoms in total. The molecule has 4 rings (SSSR count). The second-order valence-corrected chi connectivity index (χ2v) is 10.0. The van der Waals surface area contributed by atoms with Crippen molar-refractivity contribution in [2.45, 2.75) is 63.8 Å². The topological polar surface area (TPSA) is 114 Å². The Bertz CT molecular complexity index is 1270. The number of hydrogen-bond donors (Lipinski definition) is 3. The van der Waals surface area contributed by atoms with Gasteiger partial charge < -0.3 is 25.2 Å². The van der Waals surface area contributed by atoms with E-state index in [0.717, 1.165) is 34.2 Å². The Morgan fingerprint density at radius 1 is 0.875 bits per heavy atom. The number of hydrogen-bond acceptors (Lipinski definition) is 5. The van der Waals surface area contributed by atoms with Crippen LogP contribution in [0.1, 0.15) is 55.7 Å². The lowest BCUT2D eigenvalue weighted by molar-refractivity contribution is -0.146. The third-order valence-electron chi connectivity index (χ3n) is 7.14. The summed E-state index contributed by atoms with van der Waals surface area (Å²) < 4.78 is 11.3. The number of nitrogens with one attached hydrogen (secondary N) is 2. The molecule has 0 aliphatic heterocycles. The van der Waals surface area contributed by atoms with Gasteiger partial charge in [0, 0.05) is 18.4 Å². The third kappa shape index (κ3) is 7.27. The zero-order chi connectivity index (χ0) is 28.5. The molecule has 0 unspecified atom stereocenters. The number of carbonyl (C=O) groups is 3. The van der Waals surface area contributed by atoms with Crippen LogP contribution < -0.4 is 10.6 Å². The number of fused-ring (bicyclic) bond motifs is 3. The maximum Gasteiger partial charge on any atom is 0.407 e. The van der Waals surface area contributed by atoms with E-state index in [9.17, 15) is 19.5 Å². The summed E-state index contributed by atoms with van der Waals surface area (Å²) in [6.07, 6.45) is -0.188. The molecule has 8 heteroatoms. The SMILES string of the molecule is CCC[C@@H](CC(=O)N[C@@H](C(=O)O)[C@H](C)OCc1ccccc1)NC(=O)OCC1c2ccccc2-c2ccccc21. The van der Waals surface area contributed by atoms with Gasteiger partial charge in [0.05, 0.1) is 12.7 Å². The summed E-state index contributed by atoms with van der Waals surface area (Å²) in [7, 11) is 0. The van der Waals surface area contributed by atoms with E-state index in [-0.39, 0.29) is 25.6 Å². The summed E-state index contributed by atoms with van der Waals surface area (Å²) in [6, 6.07) is 23.9. The van der Waals surface area contributed by atoms with E-state index in [0.29, 0.717) is 6.42 Å². The molecule has 2 amide bonds. The molecule has 3 aromatic carbocycles. The third-order valence-corrected chi connectivity index (χ3v) is 7.14. The Kier molecular flexibility index (Phi) is 9.91. The molecule has 1 aliphatic carbocycles. The fraction of sp³-hybridized carbons (Fsp3) is 0.344. The van der Waals surface area contributed by atoms with Gasteiger partial charge in [0.1, 0.15) is 6.61 Å². The van der Waals surface area contributed by atoms with E-state index in [4.69, 9.17) is 9.47 Å². The first kappa shape index (κ1) is 28.8. The number of carbonyl (C=O) groups excluding carboxylic acids is 2. The van der Waals surface area contributed by atoms with Gasteiger partial charge in [-0.15, -0.1) is 0 Å². The highest BCUT2D eigenvalue weighted by atomic mass is 16.5. The highest BCUT2D eigenvalue weighted by molar-refractivity contribution is 5.84. The summed E-state index contributed by atoms with van der Waals surface area (Å²) in [5.74, 6) is -1.75. The fourth-order valence-corrected chi connectivity index (χ4v) is 5.11. The van der Waals surface area contributed by atoms with E-state index in [1.807, 2.05) is 61.5 Å². The smallest absolute Gasteiger partial charge is 0.407 e. The molecule has 0 bridgehead atoms. The zero-order valence-corrected chi connectivity index (χ0v) is 22.8. The average Bonchev–Trinajstić information content (AvgIpc) is 3.27. The number of aliphatic carboxylic acids is 1. The lowest BCUT2D eigenvalue weighted by atomic mass is 9.98. The van der Waals surface area contributed by atoms with Crippen LogP contribution in [-0.4, -0.2) is 47.9 Å². The number of amides is 2. The molecular weight excluding hydrogens is 508 g/mol. The summed E-state index contributed by atoms with van der Waals surface area (Å²) in [5.41, 5.74) is 5.42. The van der Waals surface area contributed by atoms with Crippen molar-refractivity contribution in [2.75, 3.05) is 6.61 Å². The van der Waals surface area contributed by atoms with Crippen molar-refractivity contribution in [1.29, 1.82) is 0 Å². The molecule has 3 aromatic rings. The molecule has 0 spiro atoms. The van der Waals surface area contributed by atoms with Crippen molar-refractivity contribution < 1.29 is 29.0 Å². The van der Waals surface area contributed by atoms with Crippen LogP contribution in [0.4, 0.5) is 4.79 Å². The average molecular weight is 545 g/mol. The van der Waals surface area contributed by atoms with Crippen LogP contribution in [0.25, 0.3) is 11.1 Å². The maximum absolute atomic E-state index is 12.8. The monoisotopic (exact) mass is 544 g/mol. The second-order valence-electron chi connectivity index (χ2n) is 10.0. The fourth-order valence-electron chi connectivity index (χ4n) is 5.11. The first-order valence-electron chi connectivity index (χ1n) is 13.7. The van der Waals surface area contributed by atoms with Crippen LogP contribution in [0, 0.1) is 0 Å². The Morgan fingerprint density at radius 2 is 1.48 bits per heavy atom. The number of ether oxygens (including phenoxy) is 2. The molecule has 0 saturated carbocycles. The van der Waals surface area contributed by atoms with Crippen molar-refractivity contribution in [3.8, 4) is 11.1 Å². The summed E-state index contributed by atoms with van der Waals surface area (Å²) in [4.78, 5) is 37.5. The molecule has 0 heterocycles. The minimum Gasteiger partial charge on any atom is -0.480 e. The van der Waals surface area contributed by atoms with Gasteiger partial charge >= 0.3 is 12.1 Å². The number of rotatable bonds is 13. The van der Waals surface area contributed by atoms with E-state index in [2.05, 4.69) is 34.9 Å². The van der Waals surface area contributed by atoms with Crippen molar-refractivity contribution in [3.05, 3.63) is 95.6 Å². The Morgan fingerprint density at radius 3 is 2.08 bits per heavy atom. The van der Waals surface area contributed by atoms with Gasteiger partial charge in [-0.2, -0.15) is 0 Å². The highest BCUT2D eigenvalue weighted by Gasteiger charge is 2.30. The standard InChI is InChI=1S/C32H36N2O6/c1-3-11-23(18-29(35)34-30(31(36)37)21(2)39-19-22-12-5-4-6-13-22)33-32(38)40-20-28-26-16-9-7-14-24(26)25-15-8-10-17-27(25)28/h4-10,12-17,21,23,28,30H,3,11,18-20H2,1-2H3,(H,33,38)(H,34,35)(H,36,37)/t21-,23-,30+/m0/s1. The van der Waals surface area contributed by atoms with Crippen LogP contribution in [0.5, 0.6) is 0 Å². The highest BCUT2D eigenvalue weighted by Crippen LogP contribution is 2.44. The van der Waals surface area contributed by atoms with E-state index < -0.39 is 36.2 Å². The largest absolute Gasteiger partial charge is 0.480 e. The number of carboxylic acid groups (broad SMARTS) is 1. The number of benzene rings is 3. The number of carboxylic acids is 1. The van der Waals surface area contributed by atoms with Crippen molar-refractivity contribution in [3.63, 3.8) is 0 Å². The van der Waals surface area contributed by atoms with E-state index in [1.54, 1.807) is 6.92 Å². The van der Waals surface area contributed by atoms with Gasteiger partial charge in [-0.1, -0.05) is 92.2 Å². The second kappa shape index (κ2) is 13.8. The first-order chi connectivity index (χ1) is 19.4. The van der Waals surface area contributed by atoms with Gasteiger partial charge in [0.2, 0.25) is 5.91 Å². The molecule has 40 heavy (non-hydrogen) atoms. The quantitative estimate of drug-likeness (QED) is 0.271. The van der Waals surface area contributed by atoms with Crippen LogP contribution in [0.15, 0.2) is 78.9 Å². The van der Waals surface area contributed by atoms with E-state index in [1.165, 1.54) is 0 Å². The minimum absolute atomic E-state index is 0.0697. The molecular formula is C32H36N2O6. The molecule has 210 valence electrons. The van der Waals surface area contributed by atoms with Crippen molar-refractivity contribution >= 4 is 18.0 Å². The normalized spacial score (nSPS) is 14.3. The Balaban J connectivity index is 1.31. The van der Waals surface area contributed by atoms with Gasteiger partial charge in [-0.05, 0) is 41.2 Å². The first-order valence-corrected chi connectivity index (χ1v) is 13.7. The molecule has 0 aromatic heterocycles. The van der Waals surface area contributed by atoms with Crippen molar-refractivity contribution in [1.82, 2.24) is 10.6 Å². The lowest BCUT2D eigenvalue weighted by Gasteiger charge is -2.24. The summed E-state index contributed by atoms with van der Waals surface area (Å²) >= 11 is 0. The van der Waals surface area contributed by atoms with E-state index >= 15 is 0 Å². The van der Waals surface area contributed by atoms with Gasteiger partial charge in [0.15, 0.2) is 6.04 Å². The Labute approximate surface area is 234 Å². The van der Waals surface area contributed by atoms with Crippen LogP contribution >= 0.6 is 0 Å². The van der Waals surface area contributed by atoms with Crippen molar-refractivity contribution in [2.24, 2.45) is 0 Å². The summed E-state index contributed by atoms with van der Waals surface area (Å²) in [5, 5.41) is 15.1. The molecule has 0 fully saturated rings. The summed E-state index contributed by atoms with van der Waals surface area (Å²) in [6.45, 7) is 3.95. The molecule has 3 atom stereocenters. The van der Waals surface area contributed by atoms with Gasteiger partial charge in [-0.25, -0.2) is 9.59 Å². The van der Waals surface area contributed by atoms with Crippen LogP contribution in [-0.2, 0) is 25.7 Å². The zero-order valence-electron chi connectivity index (χ0n) is 22.8. The predicted octanol–water partition coefficient (Wildman–Crippen LogP) is 5.26. The molecule has 3 N–H and O–H groups in total. The predicted molar refractivity (Wildman–Crippen MR) is 152 cm³/mol. The molecule has 0 radical (unpaired) electrons. The molecule has 1 aliphatic rings. The Hall–Kier alpha value is -4.17. The molecule has 0 saturated heterocycles. The van der Waals surface area contributed by atoms with Gasteiger partial charge in [-0.3, -0.25) is 4.79 Å². The minimum atomic E-state index is -1.23. The maximum atomic E-state index is 12.8. The lowest BCUT2D eigenvalue weighted by Crippen LogP contribution is -2.50.